The van der Waals surface area contributed by atoms with Gasteiger partial charge in [-0.1, -0.05) is 48.5 Å². The third kappa shape index (κ3) is 4.05. The molecule has 1 fully saturated rings. The van der Waals surface area contributed by atoms with Gasteiger partial charge in [0.1, 0.15) is 11.6 Å². The number of amides is 2. The van der Waals surface area contributed by atoms with Gasteiger partial charge in [0.15, 0.2) is 0 Å². The first-order chi connectivity index (χ1) is 15.7. The highest BCUT2D eigenvalue weighted by Gasteiger charge is 2.35. The zero-order chi connectivity index (χ0) is 21.9. The molecule has 1 saturated heterocycles. The lowest BCUT2D eigenvalue weighted by Gasteiger charge is -2.15. The predicted molar refractivity (Wildman–Crippen MR) is 120 cm³/mol. The van der Waals surface area contributed by atoms with Gasteiger partial charge in [-0.3, -0.25) is 9.59 Å². The van der Waals surface area contributed by atoms with Crippen LogP contribution in [0.2, 0.25) is 0 Å². The average molecular weight is 426 g/mol. The Labute approximate surface area is 185 Å². The molecule has 0 saturated carbocycles. The first kappa shape index (κ1) is 19.8. The van der Waals surface area contributed by atoms with Gasteiger partial charge in [-0.05, 0) is 24.3 Å². The molecule has 160 valence electrons. The highest BCUT2D eigenvalue weighted by Crippen LogP contribution is 2.27. The van der Waals surface area contributed by atoms with Crippen LogP contribution in [0.25, 0.3) is 16.9 Å². The van der Waals surface area contributed by atoms with Crippen LogP contribution in [0.1, 0.15) is 12.2 Å². The molecular formula is C25H22N4O3. The van der Waals surface area contributed by atoms with Crippen molar-refractivity contribution < 1.29 is 14.0 Å². The lowest BCUT2D eigenvalue weighted by atomic mass is 10.1. The minimum absolute atomic E-state index is 0.0527. The number of nitrogens with zero attached hydrogens (tertiary/aromatic N) is 3. The second-order valence-corrected chi connectivity index (χ2v) is 7.77. The summed E-state index contributed by atoms with van der Waals surface area (Å²) in [6.45, 7) is 0.728. The fraction of sp³-hybridized carbons (Fsp3) is 0.160. The van der Waals surface area contributed by atoms with Gasteiger partial charge >= 0.3 is 0 Å². The molecule has 1 atom stereocenters. The van der Waals surface area contributed by atoms with Crippen LogP contribution in [0.3, 0.4) is 0 Å². The van der Waals surface area contributed by atoms with Crippen molar-refractivity contribution in [2.24, 2.45) is 5.92 Å². The number of hydrogen-bond acceptors (Lipinski definition) is 4. The summed E-state index contributed by atoms with van der Waals surface area (Å²) >= 11 is 0. The number of para-hydroxylation sites is 1. The highest BCUT2D eigenvalue weighted by atomic mass is 16.3. The van der Waals surface area contributed by atoms with Crippen molar-refractivity contribution in [1.29, 1.82) is 0 Å². The number of anilines is 1. The van der Waals surface area contributed by atoms with Crippen LogP contribution in [0.5, 0.6) is 0 Å². The van der Waals surface area contributed by atoms with Crippen molar-refractivity contribution >= 4 is 17.6 Å². The maximum atomic E-state index is 13.1. The molecule has 5 rings (SSSR count). The van der Waals surface area contributed by atoms with Crippen molar-refractivity contribution in [2.45, 2.75) is 13.0 Å². The molecule has 1 unspecified atom stereocenters. The molecule has 7 heteroatoms. The summed E-state index contributed by atoms with van der Waals surface area (Å²) in [6.07, 6.45) is 1.76. The SMILES string of the molecule is O=C(Nc1cc(-c2ccccc2)nn1-c1ccccc1)C1CC(=O)N(Cc2ccco2)C1. The molecule has 2 aromatic heterocycles. The Morgan fingerprint density at radius 2 is 1.78 bits per heavy atom. The third-order valence-corrected chi connectivity index (χ3v) is 5.54. The summed E-state index contributed by atoms with van der Waals surface area (Å²) in [5.74, 6) is 0.586. The molecule has 3 heterocycles. The maximum Gasteiger partial charge on any atom is 0.230 e. The Bertz CT molecular complexity index is 1220. The molecule has 2 aromatic carbocycles. The van der Waals surface area contributed by atoms with E-state index in [1.165, 1.54) is 0 Å². The van der Waals surface area contributed by atoms with E-state index in [0.717, 1.165) is 16.9 Å². The van der Waals surface area contributed by atoms with Crippen LogP contribution in [0.15, 0.2) is 89.5 Å². The van der Waals surface area contributed by atoms with Gasteiger partial charge < -0.3 is 14.6 Å². The lowest BCUT2D eigenvalue weighted by Crippen LogP contribution is -2.28. The molecule has 0 bridgehead atoms. The summed E-state index contributed by atoms with van der Waals surface area (Å²) in [6, 6.07) is 24.9. The molecule has 1 aliphatic rings. The van der Waals surface area contributed by atoms with Crippen LogP contribution >= 0.6 is 0 Å². The monoisotopic (exact) mass is 426 g/mol. The van der Waals surface area contributed by atoms with E-state index >= 15 is 0 Å². The van der Waals surface area contributed by atoms with E-state index in [1.54, 1.807) is 21.9 Å². The van der Waals surface area contributed by atoms with Crippen LogP contribution in [-0.4, -0.2) is 33.0 Å². The lowest BCUT2D eigenvalue weighted by molar-refractivity contribution is -0.128. The number of carbonyl (C=O) groups is 2. The predicted octanol–water partition coefficient (Wildman–Crippen LogP) is 4.12. The Morgan fingerprint density at radius 1 is 1.03 bits per heavy atom. The van der Waals surface area contributed by atoms with E-state index in [-0.39, 0.29) is 18.2 Å². The normalized spacial score (nSPS) is 15.8. The van der Waals surface area contributed by atoms with Gasteiger partial charge in [-0.25, -0.2) is 4.68 Å². The Hall–Kier alpha value is -4.13. The first-order valence-corrected chi connectivity index (χ1v) is 10.5. The molecule has 0 aliphatic carbocycles. The topological polar surface area (TPSA) is 80.4 Å². The number of benzene rings is 2. The van der Waals surface area contributed by atoms with Gasteiger partial charge in [0, 0.05) is 24.6 Å². The summed E-state index contributed by atoms with van der Waals surface area (Å²) in [5.41, 5.74) is 2.55. The molecular weight excluding hydrogens is 404 g/mol. The van der Waals surface area contributed by atoms with Gasteiger partial charge in [0.05, 0.1) is 30.1 Å². The fourth-order valence-corrected chi connectivity index (χ4v) is 3.91. The number of hydrogen-bond donors (Lipinski definition) is 1. The molecule has 0 radical (unpaired) electrons. The van der Waals surface area contributed by atoms with Crippen molar-refractivity contribution in [3.63, 3.8) is 0 Å². The van der Waals surface area contributed by atoms with Crippen LogP contribution in [0.4, 0.5) is 5.82 Å². The number of likely N-dealkylation sites (tertiary alicyclic amines) is 1. The molecule has 7 nitrogen and oxygen atoms in total. The quantitative estimate of drug-likeness (QED) is 0.503. The smallest absolute Gasteiger partial charge is 0.230 e. The second kappa shape index (κ2) is 8.55. The molecule has 1 aliphatic heterocycles. The van der Waals surface area contributed by atoms with Crippen LogP contribution in [0, 0.1) is 5.92 Å². The Kier molecular flexibility index (Phi) is 5.29. The van der Waals surface area contributed by atoms with Crippen LogP contribution in [-0.2, 0) is 16.1 Å². The van der Waals surface area contributed by atoms with Crippen molar-refractivity contribution in [1.82, 2.24) is 14.7 Å². The zero-order valence-corrected chi connectivity index (χ0v) is 17.3. The Morgan fingerprint density at radius 3 is 2.50 bits per heavy atom. The standard InChI is InChI=1S/C25H22N4O3/c30-24-14-19(16-28(24)17-21-12-7-13-32-21)25(31)26-23-15-22(18-8-3-1-4-9-18)27-29(23)20-10-5-2-6-11-20/h1-13,15,19H,14,16-17H2,(H,26,31). The summed E-state index contributed by atoms with van der Waals surface area (Å²) in [4.78, 5) is 27.2. The number of furan rings is 1. The summed E-state index contributed by atoms with van der Waals surface area (Å²) < 4.78 is 7.06. The van der Waals surface area contributed by atoms with E-state index in [0.29, 0.717) is 24.7 Å². The minimum Gasteiger partial charge on any atom is -0.467 e. The minimum atomic E-state index is -0.434. The average Bonchev–Trinajstić information content (AvgIpc) is 3.56. The number of nitrogens with one attached hydrogen (secondary N) is 1. The van der Waals surface area contributed by atoms with Gasteiger partial charge in [0.25, 0.3) is 0 Å². The van der Waals surface area contributed by atoms with E-state index in [4.69, 9.17) is 9.52 Å². The van der Waals surface area contributed by atoms with Crippen molar-refractivity contribution in [3.8, 4) is 16.9 Å². The fourth-order valence-electron chi connectivity index (χ4n) is 3.91. The maximum absolute atomic E-state index is 13.1. The number of carbonyl (C=O) groups excluding carboxylic acids is 2. The van der Waals surface area contributed by atoms with E-state index in [9.17, 15) is 9.59 Å². The van der Waals surface area contributed by atoms with E-state index < -0.39 is 5.92 Å². The molecule has 4 aromatic rings. The van der Waals surface area contributed by atoms with Gasteiger partial charge in [-0.2, -0.15) is 5.10 Å². The van der Waals surface area contributed by atoms with Crippen molar-refractivity contribution in [2.75, 3.05) is 11.9 Å². The Balaban J connectivity index is 1.38. The van der Waals surface area contributed by atoms with E-state index in [1.807, 2.05) is 72.8 Å². The number of aromatic nitrogens is 2. The second-order valence-electron chi connectivity index (χ2n) is 7.77. The molecule has 1 N–H and O–H groups in total. The zero-order valence-electron chi connectivity index (χ0n) is 17.3. The van der Waals surface area contributed by atoms with E-state index in [2.05, 4.69) is 5.32 Å². The first-order valence-electron chi connectivity index (χ1n) is 10.5. The molecule has 32 heavy (non-hydrogen) atoms. The van der Waals surface area contributed by atoms with Crippen LogP contribution < -0.4 is 5.32 Å². The molecule has 2 amide bonds. The molecule has 0 spiro atoms. The van der Waals surface area contributed by atoms with Gasteiger partial charge in [0.2, 0.25) is 11.8 Å². The van der Waals surface area contributed by atoms with Gasteiger partial charge in [-0.15, -0.1) is 0 Å². The summed E-state index contributed by atoms with van der Waals surface area (Å²) in [5, 5.41) is 7.72. The largest absolute Gasteiger partial charge is 0.467 e. The third-order valence-electron chi connectivity index (χ3n) is 5.54. The summed E-state index contributed by atoms with van der Waals surface area (Å²) in [7, 11) is 0. The van der Waals surface area contributed by atoms with Crippen molar-refractivity contribution in [3.05, 3.63) is 90.9 Å². The number of rotatable bonds is 6. The highest BCUT2D eigenvalue weighted by molar-refractivity contribution is 5.97.